The van der Waals surface area contributed by atoms with Gasteiger partial charge in [-0.2, -0.15) is 0 Å². The lowest BCUT2D eigenvalue weighted by atomic mass is 9.81. The van der Waals surface area contributed by atoms with E-state index in [9.17, 15) is 4.79 Å². The van der Waals surface area contributed by atoms with Crippen LogP contribution < -0.4 is 5.73 Å². The van der Waals surface area contributed by atoms with Crippen LogP contribution in [-0.4, -0.2) is 29.9 Å². The van der Waals surface area contributed by atoms with E-state index in [4.69, 9.17) is 5.73 Å². The van der Waals surface area contributed by atoms with Crippen LogP contribution in [0.3, 0.4) is 0 Å². The highest BCUT2D eigenvalue weighted by Gasteiger charge is 2.41. The van der Waals surface area contributed by atoms with Crippen molar-refractivity contribution >= 4 is 5.91 Å². The van der Waals surface area contributed by atoms with Gasteiger partial charge in [-0.15, -0.1) is 0 Å². The Kier molecular flexibility index (Phi) is 4.78. The number of carbonyl (C=O) groups is 1. The summed E-state index contributed by atoms with van der Waals surface area (Å²) in [6.45, 7) is 7.65. The fourth-order valence-electron chi connectivity index (χ4n) is 2.31. The number of amides is 1. The molecule has 1 aliphatic rings. The van der Waals surface area contributed by atoms with Crippen LogP contribution in [0.5, 0.6) is 0 Å². The molecule has 0 aromatic carbocycles. The van der Waals surface area contributed by atoms with E-state index in [0.717, 1.165) is 25.8 Å². The largest absolute Gasteiger partial charge is 0.339 e. The molecule has 2 N–H and O–H groups in total. The molecule has 0 aliphatic heterocycles. The Morgan fingerprint density at radius 1 is 1.31 bits per heavy atom. The first-order valence-corrected chi connectivity index (χ1v) is 6.66. The fraction of sp³-hybridized carbons (Fsp3) is 0.923. The van der Waals surface area contributed by atoms with Crippen LogP contribution in [0.4, 0.5) is 0 Å². The minimum atomic E-state index is -0.308. The van der Waals surface area contributed by atoms with Gasteiger partial charge < -0.3 is 10.6 Å². The van der Waals surface area contributed by atoms with Crippen LogP contribution in [0.15, 0.2) is 0 Å². The van der Waals surface area contributed by atoms with Crippen molar-refractivity contribution in [1.82, 2.24) is 4.90 Å². The molecule has 0 aromatic heterocycles. The molecule has 3 heteroatoms. The molecule has 0 unspecified atom stereocenters. The third kappa shape index (κ3) is 2.57. The van der Waals surface area contributed by atoms with Gasteiger partial charge in [0.1, 0.15) is 0 Å². The van der Waals surface area contributed by atoms with E-state index >= 15 is 0 Å². The van der Waals surface area contributed by atoms with E-state index < -0.39 is 0 Å². The van der Waals surface area contributed by atoms with Gasteiger partial charge in [0.2, 0.25) is 5.91 Å². The molecule has 0 saturated heterocycles. The van der Waals surface area contributed by atoms with Gasteiger partial charge in [-0.3, -0.25) is 4.79 Å². The summed E-state index contributed by atoms with van der Waals surface area (Å²) in [6, 6.07) is 0.511. The zero-order valence-corrected chi connectivity index (χ0v) is 11.0. The molecule has 0 aromatic rings. The Bertz CT molecular complexity index is 224. The zero-order chi connectivity index (χ0) is 12.2. The van der Waals surface area contributed by atoms with Crippen LogP contribution in [0, 0.1) is 5.41 Å². The van der Waals surface area contributed by atoms with Gasteiger partial charge in [0, 0.05) is 19.1 Å². The van der Waals surface area contributed by atoms with Crippen molar-refractivity contribution in [2.45, 2.75) is 58.9 Å². The van der Waals surface area contributed by atoms with Crippen molar-refractivity contribution in [3.05, 3.63) is 0 Å². The lowest BCUT2D eigenvalue weighted by Crippen LogP contribution is -2.48. The average molecular weight is 226 g/mol. The Balaban J connectivity index is 2.77. The molecule has 94 valence electrons. The predicted molar refractivity (Wildman–Crippen MR) is 67.1 cm³/mol. The lowest BCUT2D eigenvalue weighted by Gasteiger charge is -2.35. The summed E-state index contributed by atoms with van der Waals surface area (Å²) in [5.41, 5.74) is 5.53. The molecule has 3 nitrogen and oxygen atoms in total. The minimum absolute atomic E-state index is 0.296. The summed E-state index contributed by atoms with van der Waals surface area (Å²) in [5.74, 6) is 0.296. The summed E-state index contributed by atoms with van der Waals surface area (Å²) < 4.78 is 0. The van der Waals surface area contributed by atoms with Crippen molar-refractivity contribution < 1.29 is 4.79 Å². The Morgan fingerprint density at radius 3 is 2.19 bits per heavy atom. The quantitative estimate of drug-likeness (QED) is 0.723. The maximum absolute atomic E-state index is 12.6. The number of rotatable bonds is 7. The summed E-state index contributed by atoms with van der Waals surface area (Å²) in [4.78, 5) is 14.7. The molecule has 0 spiro atoms. The molecule has 1 amide bonds. The highest BCUT2D eigenvalue weighted by Crippen LogP contribution is 2.34. The van der Waals surface area contributed by atoms with Gasteiger partial charge in [0.05, 0.1) is 5.41 Å². The first-order chi connectivity index (χ1) is 7.65. The van der Waals surface area contributed by atoms with Crippen molar-refractivity contribution in [1.29, 1.82) is 0 Å². The van der Waals surface area contributed by atoms with Crippen LogP contribution >= 0.6 is 0 Å². The van der Waals surface area contributed by atoms with E-state index in [1.165, 1.54) is 12.8 Å². The van der Waals surface area contributed by atoms with E-state index in [2.05, 4.69) is 25.7 Å². The van der Waals surface area contributed by atoms with Gasteiger partial charge in [-0.05, 0) is 32.1 Å². The Hall–Kier alpha value is -0.570. The van der Waals surface area contributed by atoms with Crippen LogP contribution in [0.2, 0.25) is 0 Å². The van der Waals surface area contributed by atoms with Crippen molar-refractivity contribution in [3.8, 4) is 0 Å². The van der Waals surface area contributed by atoms with Crippen LogP contribution in [-0.2, 0) is 4.79 Å². The molecule has 0 radical (unpaired) electrons. The molecular formula is C13H26N2O. The third-order valence-electron chi connectivity index (χ3n) is 3.91. The minimum Gasteiger partial charge on any atom is -0.339 e. The van der Waals surface area contributed by atoms with Gasteiger partial charge in [0.25, 0.3) is 0 Å². The van der Waals surface area contributed by atoms with Gasteiger partial charge >= 0.3 is 0 Å². The molecule has 0 bridgehead atoms. The van der Waals surface area contributed by atoms with Crippen LogP contribution in [0.1, 0.15) is 52.9 Å². The first-order valence-electron chi connectivity index (χ1n) is 6.66. The SMILES string of the molecule is CCCN(C(=O)C(CC)(CC)CN)C1CC1. The molecule has 0 heterocycles. The van der Waals surface area contributed by atoms with E-state index in [1.807, 2.05) is 0 Å². The second-order valence-corrected chi connectivity index (χ2v) is 4.92. The molecule has 1 saturated carbocycles. The van der Waals surface area contributed by atoms with Gasteiger partial charge in [0.15, 0.2) is 0 Å². The van der Waals surface area contributed by atoms with E-state index in [-0.39, 0.29) is 5.41 Å². The Morgan fingerprint density at radius 2 is 1.88 bits per heavy atom. The second kappa shape index (κ2) is 5.67. The van der Waals surface area contributed by atoms with Crippen molar-refractivity contribution in [2.75, 3.05) is 13.1 Å². The first kappa shape index (κ1) is 13.5. The summed E-state index contributed by atoms with van der Waals surface area (Å²) >= 11 is 0. The third-order valence-corrected chi connectivity index (χ3v) is 3.91. The maximum atomic E-state index is 12.6. The topological polar surface area (TPSA) is 46.3 Å². The summed E-state index contributed by atoms with van der Waals surface area (Å²) in [5, 5.41) is 0. The van der Waals surface area contributed by atoms with Crippen molar-refractivity contribution in [3.63, 3.8) is 0 Å². The fourth-order valence-corrected chi connectivity index (χ4v) is 2.31. The zero-order valence-electron chi connectivity index (χ0n) is 11.0. The normalized spacial score (nSPS) is 16.2. The van der Waals surface area contributed by atoms with E-state index in [0.29, 0.717) is 18.5 Å². The second-order valence-electron chi connectivity index (χ2n) is 4.92. The number of hydrogen-bond donors (Lipinski definition) is 1. The highest BCUT2D eigenvalue weighted by atomic mass is 16.2. The molecule has 1 rings (SSSR count). The van der Waals surface area contributed by atoms with Gasteiger partial charge in [-0.25, -0.2) is 0 Å². The Labute approximate surface area is 99.4 Å². The van der Waals surface area contributed by atoms with Gasteiger partial charge in [-0.1, -0.05) is 20.8 Å². The summed E-state index contributed by atoms with van der Waals surface area (Å²) in [6.07, 6.45) is 5.10. The molecule has 1 aliphatic carbocycles. The molecule has 0 atom stereocenters. The average Bonchev–Trinajstić information content (AvgIpc) is 3.13. The number of nitrogens with zero attached hydrogens (tertiary/aromatic N) is 1. The molecule has 1 fully saturated rings. The van der Waals surface area contributed by atoms with E-state index in [1.54, 1.807) is 0 Å². The monoisotopic (exact) mass is 226 g/mol. The maximum Gasteiger partial charge on any atom is 0.230 e. The van der Waals surface area contributed by atoms with Crippen LogP contribution in [0.25, 0.3) is 0 Å². The number of nitrogens with two attached hydrogens (primary N) is 1. The lowest BCUT2D eigenvalue weighted by molar-refractivity contribution is -0.142. The smallest absolute Gasteiger partial charge is 0.230 e. The number of hydrogen-bond acceptors (Lipinski definition) is 2. The molecule has 16 heavy (non-hydrogen) atoms. The molecular weight excluding hydrogens is 200 g/mol. The predicted octanol–water partition coefficient (Wildman–Crippen LogP) is 2.15. The number of carbonyl (C=O) groups excluding carboxylic acids is 1. The highest BCUT2D eigenvalue weighted by molar-refractivity contribution is 5.83. The van der Waals surface area contributed by atoms with Crippen molar-refractivity contribution in [2.24, 2.45) is 11.1 Å². The standard InChI is InChI=1S/C13H26N2O/c1-4-9-15(11-7-8-11)12(16)13(5-2,6-3)10-14/h11H,4-10,14H2,1-3H3. The summed E-state index contributed by atoms with van der Waals surface area (Å²) in [7, 11) is 0.